The van der Waals surface area contributed by atoms with Crippen molar-refractivity contribution in [3.8, 4) is 0 Å². The highest BCUT2D eigenvalue weighted by Gasteiger charge is 2.04. The maximum absolute atomic E-state index is 10.1. The summed E-state index contributed by atoms with van der Waals surface area (Å²) in [4.78, 5) is 14.9. The summed E-state index contributed by atoms with van der Waals surface area (Å²) >= 11 is 2.61. The van der Waals surface area contributed by atoms with Crippen LogP contribution in [0.5, 0.6) is 0 Å². The minimum Gasteiger partial charge on any atom is -0.241 e. The molecule has 0 spiro atoms. The van der Waals surface area contributed by atoms with Crippen molar-refractivity contribution in [2.45, 2.75) is 6.92 Å². The van der Waals surface area contributed by atoms with Gasteiger partial charge in [-0.25, -0.2) is 13.9 Å². The van der Waals surface area contributed by atoms with Crippen LogP contribution in [0.3, 0.4) is 0 Å². The quantitative estimate of drug-likeness (QED) is 0.524. The highest BCUT2D eigenvalue weighted by atomic mass is 32.1. The summed E-state index contributed by atoms with van der Waals surface area (Å²) in [7, 11) is 0. The van der Waals surface area contributed by atoms with E-state index >= 15 is 0 Å². The fraction of sp³-hybridized carbons (Fsp3) is 0.200. The molecule has 0 fully saturated rings. The second-order valence-corrected chi connectivity index (χ2v) is 4.03. The lowest BCUT2D eigenvalue weighted by Crippen LogP contribution is -2.01. The maximum Gasteiger partial charge on any atom is 0.300 e. The molecule has 0 aliphatic heterocycles. The van der Waals surface area contributed by atoms with E-state index in [1.165, 1.54) is 22.9 Å². The number of nitro groups is 1. The molecule has 8 heteroatoms. The predicted octanol–water partition coefficient (Wildman–Crippen LogP) is 0.858. The maximum atomic E-state index is 10.1. The van der Waals surface area contributed by atoms with Crippen LogP contribution < -0.4 is 4.80 Å². The van der Waals surface area contributed by atoms with Crippen LogP contribution in [0.4, 0.5) is 0 Å². The lowest BCUT2D eigenvalue weighted by Gasteiger charge is -1.80. The van der Waals surface area contributed by atoms with Crippen molar-refractivity contribution in [3.63, 3.8) is 0 Å². The number of aromatic nitrogens is 2. The highest BCUT2D eigenvalue weighted by molar-refractivity contribution is 7.17. The fourth-order valence-corrected chi connectivity index (χ4v) is 2.70. The Morgan fingerprint density at radius 1 is 1.77 bits per heavy atom. The van der Waals surface area contributed by atoms with E-state index in [4.69, 9.17) is 0 Å². The van der Waals surface area contributed by atoms with Gasteiger partial charge >= 0.3 is 4.80 Å². The van der Waals surface area contributed by atoms with Gasteiger partial charge in [-0.3, -0.25) is 0 Å². The van der Waals surface area contributed by atoms with Crippen LogP contribution >= 0.6 is 22.9 Å². The minimum absolute atomic E-state index is 0.181. The largest absolute Gasteiger partial charge is 0.300 e. The molecule has 6 nitrogen and oxygen atoms in total. The molecular weight excluding hydrogens is 212 g/mol. The smallest absolute Gasteiger partial charge is 0.241 e. The highest BCUT2D eigenvalue weighted by Crippen LogP contribution is 2.13. The molecule has 0 aromatic carbocycles. The summed E-state index contributed by atoms with van der Waals surface area (Å²) in [6.07, 6.45) is 0. The van der Waals surface area contributed by atoms with Crippen LogP contribution in [0.15, 0.2) is 10.5 Å². The second kappa shape index (κ2) is 2.89. The van der Waals surface area contributed by atoms with Crippen molar-refractivity contribution in [2.75, 3.05) is 0 Å². The Hall–Kier alpha value is -1.28. The molecule has 2 aromatic rings. The van der Waals surface area contributed by atoms with Crippen LogP contribution in [0, 0.1) is 17.0 Å². The van der Waals surface area contributed by atoms with Gasteiger partial charge in [-0.15, -0.1) is 11.3 Å². The first-order chi connectivity index (χ1) is 6.16. The SMILES string of the molecule is Cc1csc2n/c(=N\[N+](=O)[O-])sn12. The molecule has 2 heterocycles. The lowest BCUT2D eigenvalue weighted by atomic mass is 10.6. The number of thiazole rings is 1. The number of hydrogen-bond acceptors (Lipinski definition) is 5. The van der Waals surface area contributed by atoms with E-state index < -0.39 is 5.03 Å². The Bertz CT molecular complexity index is 522. The second-order valence-electron chi connectivity index (χ2n) is 2.28. The van der Waals surface area contributed by atoms with E-state index in [1.54, 1.807) is 0 Å². The van der Waals surface area contributed by atoms with E-state index in [0.29, 0.717) is 0 Å². The monoisotopic (exact) mass is 216 g/mol. The first-order valence-corrected chi connectivity index (χ1v) is 4.95. The first-order valence-electron chi connectivity index (χ1n) is 3.30. The molecule has 0 N–H and O–H groups in total. The van der Waals surface area contributed by atoms with Crippen LogP contribution in [-0.2, 0) is 0 Å². The zero-order valence-electron chi connectivity index (χ0n) is 6.50. The summed E-state index contributed by atoms with van der Waals surface area (Å²) < 4.78 is 1.81. The van der Waals surface area contributed by atoms with Crippen molar-refractivity contribution in [1.29, 1.82) is 0 Å². The van der Waals surface area contributed by atoms with Gasteiger partial charge in [-0.2, -0.15) is 4.98 Å². The summed E-state index contributed by atoms with van der Waals surface area (Å²) in [5.74, 6) is 0. The summed E-state index contributed by atoms with van der Waals surface area (Å²) in [5.41, 5.74) is 1.02. The molecule has 2 rings (SSSR count). The summed E-state index contributed by atoms with van der Waals surface area (Å²) in [6, 6.07) is 0. The Kier molecular flexibility index (Phi) is 1.85. The van der Waals surface area contributed by atoms with Gasteiger partial charge in [0.05, 0.1) is 5.10 Å². The molecule has 0 saturated heterocycles. The van der Waals surface area contributed by atoms with Crippen molar-refractivity contribution >= 4 is 27.8 Å². The third kappa shape index (κ3) is 1.45. The molecule has 68 valence electrons. The average molecular weight is 216 g/mol. The van der Waals surface area contributed by atoms with Crippen molar-refractivity contribution in [2.24, 2.45) is 5.10 Å². The van der Waals surface area contributed by atoms with Crippen molar-refractivity contribution < 1.29 is 5.03 Å². The molecule has 0 amide bonds. The number of fused-ring (bicyclic) bond motifs is 1. The standard InChI is InChI=1S/C5H4N4O2S2/c1-3-2-12-5-6-4(7-9(10)11)13-8(3)5/h2H,1H3/b7-4+. The summed E-state index contributed by atoms with van der Waals surface area (Å²) in [5, 5.41) is 14.4. The Labute approximate surface area is 80.1 Å². The number of aryl methyl sites for hydroxylation is 1. The van der Waals surface area contributed by atoms with E-state index in [1.807, 2.05) is 16.1 Å². The third-order valence-electron chi connectivity index (χ3n) is 1.36. The molecule has 0 unspecified atom stereocenters. The minimum atomic E-state index is -0.738. The third-order valence-corrected chi connectivity index (χ3v) is 3.40. The van der Waals surface area contributed by atoms with E-state index in [9.17, 15) is 10.1 Å². The first kappa shape index (κ1) is 8.32. The summed E-state index contributed by atoms with van der Waals surface area (Å²) in [6.45, 7) is 1.91. The van der Waals surface area contributed by atoms with Gasteiger partial charge in [0.15, 0.2) is 5.03 Å². The van der Waals surface area contributed by atoms with Gasteiger partial charge in [-0.1, -0.05) is 0 Å². The number of hydrogen-bond donors (Lipinski definition) is 0. The fourth-order valence-electron chi connectivity index (χ4n) is 0.862. The molecular formula is C5H4N4O2S2. The Balaban J connectivity index is 2.69. The van der Waals surface area contributed by atoms with Crippen LogP contribution in [0.2, 0.25) is 0 Å². The predicted molar refractivity (Wildman–Crippen MR) is 48.2 cm³/mol. The topological polar surface area (TPSA) is 72.8 Å². The Morgan fingerprint density at radius 3 is 3.15 bits per heavy atom. The van der Waals surface area contributed by atoms with E-state index in [2.05, 4.69) is 10.1 Å². The van der Waals surface area contributed by atoms with Crippen LogP contribution in [0.25, 0.3) is 4.96 Å². The molecule has 2 aromatic heterocycles. The van der Waals surface area contributed by atoms with Crippen LogP contribution in [0.1, 0.15) is 5.69 Å². The molecule has 0 aliphatic carbocycles. The zero-order chi connectivity index (χ0) is 9.42. The van der Waals surface area contributed by atoms with Gasteiger partial charge < -0.3 is 0 Å². The number of rotatable bonds is 1. The van der Waals surface area contributed by atoms with Crippen molar-refractivity contribution in [1.82, 2.24) is 8.77 Å². The Morgan fingerprint density at radius 2 is 2.54 bits per heavy atom. The zero-order valence-corrected chi connectivity index (χ0v) is 8.13. The molecule has 0 saturated carbocycles. The van der Waals surface area contributed by atoms with E-state index in [0.717, 1.165) is 10.7 Å². The number of nitrogens with zero attached hydrogens (tertiary/aromatic N) is 4. The van der Waals surface area contributed by atoms with E-state index in [-0.39, 0.29) is 4.80 Å². The van der Waals surface area contributed by atoms with Crippen LogP contribution in [-0.4, -0.2) is 13.8 Å². The molecule has 13 heavy (non-hydrogen) atoms. The van der Waals surface area contributed by atoms with Gasteiger partial charge in [0.2, 0.25) is 4.96 Å². The molecule has 0 bridgehead atoms. The van der Waals surface area contributed by atoms with Gasteiger partial charge in [0.1, 0.15) is 0 Å². The normalized spacial score (nSPS) is 12.5. The van der Waals surface area contributed by atoms with Gasteiger partial charge in [-0.05, 0) is 18.5 Å². The average Bonchev–Trinajstić information content (AvgIpc) is 2.53. The molecule has 0 radical (unpaired) electrons. The van der Waals surface area contributed by atoms with Gasteiger partial charge in [0, 0.05) is 11.1 Å². The molecule has 0 atom stereocenters. The lowest BCUT2D eigenvalue weighted by molar-refractivity contribution is -0.490. The van der Waals surface area contributed by atoms with Gasteiger partial charge in [0.25, 0.3) is 0 Å². The molecule has 0 aliphatic rings. The van der Waals surface area contributed by atoms with Crippen molar-refractivity contribution in [3.05, 3.63) is 26.0 Å².